The smallest absolute Gasteiger partial charge is 0.235 e. The molecule has 6 nitrogen and oxygen atoms in total. The minimum atomic E-state index is -0.196. The van der Waals surface area contributed by atoms with Gasteiger partial charge in [0.25, 0.3) is 0 Å². The summed E-state index contributed by atoms with van der Waals surface area (Å²) in [5.41, 5.74) is 0. The molecule has 0 radical (unpaired) electrons. The minimum Gasteiger partial charge on any atom is -0.376 e. The molecule has 2 aromatic rings. The molecular formula is C18H26N4O2S2. The first-order chi connectivity index (χ1) is 12.6. The largest absolute Gasteiger partial charge is 0.376 e. The third kappa shape index (κ3) is 4.29. The molecule has 2 atom stereocenters. The van der Waals surface area contributed by atoms with Crippen molar-refractivity contribution in [2.45, 2.75) is 56.7 Å². The molecule has 1 saturated heterocycles. The van der Waals surface area contributed by atoms with Gasteiger partial charge in [0.2, 0.25) is 5.91 Å². The van der Waals surface area contributed by atoms with Crippen LogP contribution in [-0.2, 0) is 16.1 Å². The van der Waals surface area contributed by atoms with E-state index in [9.17, 15) is 4.79 Å². The van der Waals surface area contributed by atoms with Crippen molar-refractivity contribution in [2.24, 2.45) is 0 Å². The van der Waals surface area contributed by atoms with Gasteiger partial charge in [-0.05, 0) is 45.1 Å². The SMILES string of the molecule is CCN(CC)C(=O)C(C)Sc1nnc(-c2cccs2)n1CC1CCCO1. The van der Waals surface area contributed by atoms with E-state index in [1.807, 2.05) is 37.1 Å². The maximum Gasteiger partial charge on any atom is 0.235 e. The van der Waals surface area contributed by atoms with Crippen molar-refractivity contribution in [3.8, 4) is 10.7 Å². The van der Waals surface area contributed by atoms with Crippen molar-refractivity contribution in [1.82, 2.24) is 19.7 Å². The average Bonchev–Trinajstić information content (AvgIpc) is 3.39. The van der Waals surface area contributed by atoms with Crippen LogP contribution in [0.3, 0.4) is 0 Å². The van der Waals surface area contributed by atoms with E-state index >= 15 is 0 Å². The highest BCUT2D eigenvalue weighted by Gasteiger charge is 2.26. The summed E-state index contributed by atoms with van der Waals surface area (Å²) in [6.45, 7) is 8.96. The van der Waals surface area contributed by atoms with Crippen LogP contribution in [0.5, 0.6) is 0 Å². The van der Waals surface area contributed by atoms with Gasteiger partial charge in [-0.2, -0.15) is 0 Å². The second-order valence-corrected chi connectivity index (χ2v) is 8.56. The molecule has 8 heteroatoms. The number of hydrogen-bond acceptors (Lipinski definition) is 6. The lowest BCUT2D eigenvalue weighted by molar-refractivity contribution is -0.129. The number of ether oxygens (including phenoxy) is 1. The van der Waals surface area contributed by atoms with Crippen LogP contribution in [0.25, 0.3) is 10.7 Å². The fourth-order valence-electron chi connectivity index (χ4n) is 3.12. The number of hydrogen-bond donors (Lipinski definition) is 0. The van der Waals surface area contributed by atoms with Crippen molar-refractivity contribution >= 4 is 29.0 Å². The quantitative estimate of drug-likeness (QED) is 0.641. The van der Waals surface area contributed by atoms with E-state index in [-0.39, 0.29) is 17.3 Å². The van der Waals surface area contributed by atoms with Gasteiger partial charge in [-0.25, -0.2) is 0 Å². The Hall–Kier alpha value is -1.38. The van der Waals surface area contributed by atoms with Crippen LogP contribution in [0.2, 0.25) is 0 Å². The Balaban J connectivity index is 1.82. The first-order valence-corrected chi connectivity index (χ1v) is 10.9. The number of thiophene rings is 1. The third-order valence-corrected chi connectivity index (χ3v) is 6.51. The molecule has 0 saturated carbocycles. The van der Waals surface area contributed by atoms with Crippen molar-refractivity contribution in [2.75, 3.05) is 19.7 Å². The monoisotopic (exact) mass is 394 g/mol. The molecule has 3 heterocycles. The van der Waals surface area contributed by atoms with E-state index in [1.54, 1.807) is 11.3 Å². The molecule has 0 bridgehead atoms. The van der Waals surface area contributed by atoms with Crippen LogP contribution in [-0.4, -0.2) is 56.6 Å². The zero-order valence-electron chi connectivity index (χ0n) is 15.6. The van der Waals surface area contributed by atoms with E-state index in [0.717, 1.165) is 54.9 Å². The maximum absolute atomic E-state index is 12.6. The summed E-state index contributed by atoms with van der Waals surface area (Å²) in [6, 6.07) is 4.07. The van der Waals surface area contributed by atoms with E-state index in [0.29, 0.717) is 0 Å². The zero-order valence-corrected chi connectivity index (χ0v) is 17.2. The van der Waals surface area contributed by atoms with Gasteiger partial charge in [0, 0.05) is 19.7 Å². The molecular weight excluding hydrogens is 368 g/mol. The lowest BCUT2D eigenvalue weighted by Gasteiger charge is -2.22. The average molecular weight is 395 g/mol. The molecule has 3 rings (SSSR count). The first-order valence-electron chi connectivity index (χ1n) is 9.18. The molecule has 1 amide bonds. The van der Waals surface area contributed by atoms with Crippen molar-refractivity contribution in [3.63, 3.8) is 0 Å². The predicted molar refractivity (Wildman–Crippen MR) is 106 cm³/mol. The first kappa shape index (κ1) is 19.4. The number of nitrogens with zero attached hydrogens (tertiary/aromatic N) is 4. The lowest BCUT2D eigenvalue weighted by Crippen LogP contribution is -2.36. The van der Waals surface area contributed by atoms with E-state index in [1.165, 1.54) is 11.8 Å². The Morgan fingerprint density at radius 1 is 1.46 bits per heavy atom. The highest BCUT2D eigenvalue weighted by Crippen LogP contribution is 2.31. The van der Waals surface area contributed by atoms with Crippen LogP contribution >= 0.6 is 23.1 Å². The van der Waals surface area contributed by atoms with Gasteiger partial charge in [0.1, 0.15) is 0 Å². The molecule has 0 aliphatic carbocycles. The molecule has 0 aromatic carbocycles. The van der Waals surface area contributed by atoms with Gasteiger partial charge in [0.05, 0.1) is 22.8 Å². The number of thioether (sulfide) groups is 1. The summed E-state index contributed by atoms with van der Waals surface area (Å²) in [4.78, 5) is 15.6. The summed E-state index contributed by atoms with van der Waals surface area (Å²) in [7, 11) is 0. The van der Waals surface area contributed by atoms with Crippen LogP contribution in [0, 0.1) is 0 Å². The molecule has 0 spiro atoms. The lowest BCUT2D eigenvalue weighted by atomic mass is 10.2. The zero-order chi connectivity index (χ0) is 18.5. The molecule has 1 aliphatic rings. The second-order valence-electron chi connectivity index (χ2n) is 6.30. The maximum atomic E-state index is 12.6. The van der Waals surface area contributed by atoms with Gasteiger partial charge >= 0.3 is 0 Å². The Bertz CT molecular complexity index is 707. The topological polar surface area (TPSA) is 60.2 Å². The number of carbonyl (C=O) groups is 1. The van der Waals surface area contributed by atoms with Gasteiger partial charge in [0.15, 0.2) is 11.0 Å². The minimum absolute atomic E-state index is 0.143. The van der Waals surface area contributed by atoms with E-state index < -0.39 is 0 Å². The van der Waals surface area contributed by atoms with E-state index in [2.05, 4.69) is 20.8 Å². The van der Waals surface area contributed by atoms with E-state index in [4.69, 9.17) is 4.74 Å². The normalized spacial score (nSPS) is 18.2. The summed E-state index contributed by atoms with van der Waals surface area (Å²) < 4.78 is 7.95. The molecule has 2 unspecified atom stereocenters. The van der Waals surface area contributed by atoms with Crippen LogP contribution in [0.15, 0.2) is 22.7 Å². The summed E-state index contributed by atoms with van der Waals surface area (Å²) in [6.07, 6.45) is 2.35. The Labute approximate surface area is 162 Å². The molecule has 26 heavy (non-hydrogen) atoms. The summed E-state index contributed by atoms with van der Waals surface area (Å²) in [5, 5.41) is 11.5. The second kappa shape index (κ2) is 9.01. The Kier molecular flexibility index (Phi) is 6.72. The van der Waals surface area contributed by atoms with Gasteiger partial charge in [-0.3, -0.25) is 9.36 Å². The van der Waals surface area contributed by atoms with Crippen molar-refractivity contribution < 1.29 is 9.53 Å². The molecule has 142 valence electrons. The number of aromatic nitrogens is 3. The van der Waals surface area contributed by atoms with Crippen LogP contribution in [0.4, 0.5) is 0 Å². The molecule has 1 aliphatic heterocycles. The Morgan fingerprint density at radius 2 is 2.27 bits per heavy atom. The van der Waals surface area contributed by atoms with Gasteiger partial charge < -0.3 is 9.64 Å². The summed E-state index contributed by atoms with van der Waals surface area (Å²) >= 11 is 3.14. The third-order valence-electron chi connectivity index (χ3n) is 4.57. The van der Waals surface area contributed by atoms with Crippen LogP contribution < -0.4 is 0 Å². The standard InChI is InChI=1S/C18H26N4O2S2/c1-4-21(5-2)17(23)13(3)26-18-20-19-16(15-9-7-11-25-15)22(18)12-14-8-6-10-24-14/h7,9,11,13-14H,4-6,8,10,12H2,1-3H3. The molecule has 2 aromatic heterocycles. The fraction of sp³-hybridized carbons (Fsp3) is 0.611. The Morgan fingerprint density at radius 3 is 2.88 bits per heavy atom. The highest BCUT2D eigenvalue weighted by molar-refractivity contribution is 8.00. The predicted octanol–water partition coefficient (Wildman–Crippen LogP) is 3.53. The van der Waals surface area contributed by atoms with Gasteiger partial charge in [-0.1, -0.05) is 17.8 Å². The number of rotatable bonds is 8. The van der Waals surface area contributed by atoms with Crippen molar-refractivity contribution in [3.05, 3.63) is 17.5 Å². The fourth-order valence-corrected chi connectivity index (χ4v) is 4.78. The van der Waals surface area contributed by atoms with Crippen LogP contribution in [0.1, 0.15) is 33.6 Å². The molecule has 1 fully saturated rings. The van der Waals surface area contributed by atoms with Crippen molar-refractivity contribution in [1.29, 1.82) is 0 Å². The number of amides is 1. The highest BCUT2D eigenvalue weighted by atomic mass is 32.2. The molecule has 0 N–H and O–H groups in total. The number of carbonyl (C=O) groups excluding carboxylic acids is 1. The summed E-state index contributed by atoms with van der Waals surface area (Å²) in [5.74, 6) is 1.00. The van der Waals surface area contributed by atoms with Gasteiger partial charge in [-0.15, -0.1) is 21.5 Å².